The molecule has 32 heavy (non-hydrogen) atoms. The van der Waals surface area contributed by atoms with Crippen LogP contribution in [0.5, 0.6) is 5.75 Å². The van der Waals surface area contributed by atoms with Crippen molar-refractivity contribution in [1.82, 2.24) is 14.8 Å². The second-order valence-corrected chi connectivity index (χ2v) is 9.29. The van der Waals surface area contributed by atoms with Crippen LogP contribution in [0.1, 0.15) is 68.2 Å². The van der Waals surface area contributed by atoms with Crippen molar-refractivity contribution < 1.29 is 14.3 Å². The first kappa shape index (κ1) is 21.8. The molecule has 1 aliphatic rings. The third-order valence-corrected chi connectivity index (χ3v) is 5.48. The van der Waals surface area contributed by atoms with E-state index in [1.807, 2.05) is 17.7 Å². The maximum atomic E-state index is 13.5. The van der Waals surface area contributed by atoms with Crippen LogP contribution >= 0.6 is 0 Å². The quantitative estimate of drug-likeness (QED) is 0.611. The van der Waals surface area contributed by atoms with E-state index in [-0.39, 0.29) is 17.4 Å². The van der Waals surface area contributed by atoms with Crippen molar-refractivity contribution in [2.45, 2.75) is 58.9 Å². The van der Waals surface area contributed by atoms with E-state index in [1.54, 1.807) is 18.2 Å². The monoisotopic (exact) mass is 435 g/mol. The summed E-state index contributed by atoms with van der Waals surface area (Å²) in [5.41, 5.74) is 3.72. The second kappa shape index (κ2) is 7.93. The summed E-state index contributed by atoms with van der Waals surface area (Å²) >= 11 is 0. The number of amides is 2. The number of pyridine rings is 1. The fourth-order valence-electron chi connectivity index (χ4n) is 3.82. The van der Waals surface area contributed by atoms with Crippen molar-refractivity contribution in [2.24, 2.45) is 0 Å². The zero-order valence-electron chi connectivity index (χ0n) is 19.4. The molecule has 0 unspecified atom stereocenters. The molecule has 3 aromatic rings. The van der Waals surface area contributed by atoms with Crippen LogP contribution in [0.2, 0.25) is 0 Å². The van der Waals surface area contributed by atoms with Crippen LogP contribution in [0.15, 0.2) is 24.3 Å². The van der Waals surface area contributed by atoms with E-state index < -0.39 is 0 Å². The minimum Gasteiger partial charge on any atom is -0.495 e. The SMILES string of the molecule is COc1ccc(NC(C)=O)cc1NC(=O)c1cc(C2CC2)nc2c1c(C)nn2C(C)(C)C. The molecule has 2 amide bonds. The molecular formula is C24H29N5O3. The van der Waals surface area contributed by atoms with Gasteiger partial charge in [0, 0.05) is 24.2 Å². The van der Waals surface area contributed by atoms with Crippen LogP contribution in [0.4, 0.5) is 11.4 Å². The minimum atomic E-state index is -0.272. The Balaban J connectivity index is 1.81. The standard InChI is InChI=1S/C24H29N5O3/c1-13-21-17(12-18(15-7-8-15)26-22(21)29(28-13)24(3,4)5)23(31)27-19-11-16(25-14(2)30)9-10-20(19)32-6/h9-12,15H,7-8H2,1-6H3,(H,25,30)(H,27,31). The molecule has 8 nitrogen and oxygen atoms in total. The van der Waals surface area contributed by atoms with Crippen LogP contribution in [0.25, 0.3) is 11.0 Å². The van der Waals surface area contributed by atoms with E-state index in [4.69, 9.17) is 14.8 Å². The van der Waals surface area contributed by atoms with Gasteiger partial charge >= 0.3 is 0 Å². The van der Waals surface area contributed by atoms with Gasteiger partial charge in [-0.15, -0.1) is 0 Å². The molecule has 2 heterocycles. The molecule has 0 spiro atoms. The molecule has 1 saturated carbocycles. The molecule has 1 aliphatic carbocycles. The van der Waals surface area contributed by atoms with Gasteiger partial charge in [0.1, 0.15) is 5.75 Å². The lowest BCUT2D eigenvalue weighted by molar-refractivity contribution is -0.114. The summed E-state index contributed by atoms with van der Waals surface area (Å²) in [6, 6.07) is 7.01. The number of ether oxygens (including phenoxy) is 1. The van der Waals surface area contributed by atoms with Crippen molar-refractivity contribution in [3.8, 4) is 5.75 Å². The Hall–Kier alpha value is -3.42. The Morgan fingerprint density at radius 1 is 1.16 bits per heavy atom. The number of benzene rings is 1. The fourth-order valence-corrected chi connectivity index (χ4v) is 3.82. The topological polar surface area (TPSA) is 98.1 Å². The third-order valence-electron chi connectivity index (χ3n) is 5.48. The Morgan fingerprint density at radius 3 is 2.47 bits per heavy atom. The van der Waals surface area contributed by atoms with E-state index in [0.717, 1.165) is 35.3 Å². The molecule has 8 heteroatoms. The van der Waals surface area contributed by atoms with Crippen molar-refractivity contribution >= 4 is 34.2 Å². The van der Waals surface area contributed by atoms with E-state index in [1.165, 1.54) is 14.0 Å². The second-order valence-electron chi connectivity index (χ2n) is 9.29. The molecule has 2 aromatic heterocycles. The molecule has 0 aliphatic heterocycles. The van der Waals surface area contributed by atoms with Crippen molar-refractivity contribution in [3.63, 3.8) is 0 Å². The zero-order chi connectivity index (χ0) is 23.2. The number of anilines is 2. The number of nitrogens with one attached hydrogen (secondary N) is 2. The van der Waals surface area contributed by atoms with Gasteiger partial charge in [-0.3, -0.25) is 9.59 Å². The number of hydrogen-bond acceptors (Lipinski definition) is 5. The van der Waals surface area contributed by atoms with E-state index in [9.17, 15) is 9.59 Å². The Bertz CT molecular complexity index is 1220. The van der Waals surface area contributed by atoms with Crippen LogP contribution in [0, 0.1) is 6.92 Å². The summed E-state index contributed by atoms with van der Waals surface area (Å²) in [4.78, 5) is 29.9. The smallest absolute Gasteiger partial charge is 0.256 e. The van der Waals surface area contributed by atoms with Gasteiger partial charge in [0.15, 0.2) is 5.65 Å². The number of methoxy groups -OCH3 is 1. The molecule has 0 bridgehead atoms. The molecule has 168 valence electrons. The molecular weight excluding hydrogens is 406 g/mol. The summed E-state index contributed by atoms with van der Waals surface area (Å²) in [5, 5.41) is 11.2. The molecule has 0 atom stereocenters. The molecule has 0 radical (unpaired) electrons. The molecule has 2 N–H and O–H groups in total. The van der Waals surface area contributed by atoms with Gasteiger partial charge in [0.2, 0.25) is 5.91 Å². The number of carbonyl (C=O) groups excluding carboxylic acids is 2. The number of rotatable bonds is 5. The predicted molar refractivity (Wildman–Crippen MR) is 124 cm³/mol. The number of fused-ring (bicyclic) bond motifs is 1. The average Bonchev–Trinajstić information content (AvgIpc) is 3.50. The highest BCUT2D eigenvalue weighted by atomic mass is 16.5. The van der Waals surface area contributed by atoms with Crippen LogP contribution in [-0.2, 0) is 10.3 Å². The van der Waals surface area contributed by atoms with Crippen LogP contribution in [-0.4, -0.2) is 33.7 Å². The maximum absolute atomic E-state index is 13.5. The first-order valence-electron chi connectivity index (χ1n) is 10.8. The zero-order valence-corrected chi connectivity index (χ0v) is 19.4. The van der Waals surface area contributed by atoms with Crippen molar-refractivity contribution in [2.75, 3.05) is 17.7 Å². The first-order valence-corrected chi connectivity index (χ1v) is 10.8. The third kappa shape index (κ3) is 4.17. The van der Waals surface area contributed by atoms with Crippen LogP contribution in [0.3, 0.4) is 0 Å². The number of hydrogen-bond donors (Lipinski definition) is 2. The number of nitrogens with zero attached hydrogens (tertiary/aromatic N) is 3. The average molecular weight is 436 g/mol. The normalized spacial score (nSPS) is 13.8. The predicted octanol–water partition coefficient (Wildman–Crippen LogP) is 4.59. The summed E-state index contributed by atoms with van der Waals surface area (Å²) in [5.74, 6) is 0.422. The van der Waals surface area contributed by atoms with Gasteiger partial charge in [-0.2, -0.15) is 5.10 Å². The van der Waals surface area contributed by atoms with Gasteiger partial charge < -0.3 is 15.4 Å². The number of carbonyl (C=O) groups is 2. The van der Waals surface area contributed by atoms with Gasteiger partial charge in [-0.05, 0) is 64.8 Å². The van der Waals surface area contributed by atoms with E-state index in [0.29, 0.717) is 28.6 Å². The van der Waals surface area contributed by atoms with Crippen LogP contribution < -0.4 is 15.4 Å². The largest absolute Gasteiger partial charge is 0.495 e. The Kier molecular flexibility index (Phi) is 5.40. The first-order chi connectivity index (χ1) is 15.1. The highest BCUT2D eigenvalue weighted by molar-refractivity contribution is 6.13. The molecule has 4 rings (SSSR count). The van der Waals surface area contributed by atoms with Gasteiger partial charge in [0.05, 0.1) is 35.0 Å². The molecule has 1 fully saturated rings. The lowest BCUT2D eigenvalue weighted by Gasteiger charge is -2.20. The lowest BCUT2D eigenvalue weighted by atomic mass is 10.1. The van der Waals surface area contributed by atoms with Crippen molar-refractivity contribution in [3.05, 3.63) is 41.2 Å². The fraction of sp³-hybridized carbons (Fsp3) is 0.417. The van der Waals surface area contributed by atoms with Gasteiger partial charge in [0.25, 0.3) is 5.91 Å². The summed E-state index contributed by atoms with van der Waals surface area (Å²) in [6.45, 7) is 9.55. The highest BCUT2D eigenvalue weighted by Crippen LogP contribution is 2.41. The highest BCUT2D eigenvalue weighted by Gasteiger charge is 2.30. The van der Waals surface area contributed by atoms with Crippen molar-refractivity contribution in [1.29, 1.82) is 0 Å². The van der Waals surface area contributed by atoms with E-state index >= 15 is 0 Å². The number of aromatic nitrogens is 3. The Morgan fingerprint density at radius 2 is 1.88 bits per heavy atom. The molecule has 1 aromatic carbocycles. The van der Waals surface area contributed by atoms with E-state index in [2.05, 4.69) is 31.4 Å². The summed E-state index contributed by atoms with van der Waals surface area (Å²) in [7, 11) is 1.54. The minimum absolute atomic E-state index is 0.192. The maximum Gasteiger partial charge on any atom is 0.256 e. The summed E-state index contributed by atoms with van der Waals surface area (Å²) < 4.78 is 7.32. The van der Waals surface area contributed by atoms with Gasteiger partial charge in [-0.25, -0.2) is 9.67 Å². The molecule has 0 saturated heterocycles. The van der Waals surface area contributed by atoms with Gasteiger partial charge in [-0.1, -0.05) is 0 Å². The Labute approximate surface area is 187 Å². The summed E-state index contributed by atoms with van der Waals surface area (Å²) in [6.07, 6.45) is 2.16. The lowest BCUT2D eigenvalue weighted by Crippen LogP contribution is -2.24. The number of aryl methyl sites for hydroxylation is 1.